The minimum Gasteiger partial charge on any atom is -0.365 e. The maximum absolute atomic E-state index is 3.85. The van der Waals surface area contributed by atoms with Crippen LogP contribution < -0.4 is 10.2 Å². The Morgan fingerprint density at radius 3 is 2.67 bits per heavy atom. The summed E-state index contributed by atoms with van der Waals surface area (Å²) >= 11 is 0. The SMILES string of the molecule is CC1CNC2(CCCC2)CN1c1cccc2ccccc12. The molecule has 1 N–H and O–H groups in total. The molecule has 2 fully saturated rings. The maximum atomic E-state index is 3.85. The Labute approximate surface area is 127 Å². The van der Waals surface area contributed by atoms with Crippen molar-refractivity contribution in [2.45, 2.75) is 44.2 Å². The van der Waals surface area contributed by atoms with Crippen LogP contribution in [0.4, 0.5) is 5.69 Å². The molecule has 1 unspecified atom stereocenters. The number of hydrogen-bond donors (Lipinski definition) is 1. The van der Waals surface area contributed by atoms with Crippen molar-refractivity contribution < 1.29 is 0 Å². The van der Waals surface area contributed by atoms with Gasteiger partial charge in [0.05, 0.1) is 0 Å². The van der Waals surface area contributed by atoms with Crippen LogP contribution in [0.2, 0.25) is 0 Å². The topological polar surface area (TPSA) is 15.3 Å². The molecule has 0 bridgehead atoms. The molecule has 2 aromatic carbocycles. The first-order valence-electron chi connectivity index (χ1n) is 8.27. The standard InChI is InChI=1S/C19H24N2/c1-15-13-20-19(11-4-5-12-19)14-21(15)18-10-6-8-16-7-2-3-9-17(16)18/h2-3,6-10,15,20H,4-5,11-14H2,1H3. The fourth-order valence-corrected chi connectivity index (χ4v) is 4.18. The molecule has 0 amide bonds. The van der Waals surface area contributed by atoms with Crippen LogP contribution in [-0.4, -0.2) is 24.7 Å². The number of anilines is 1. The molecule has 0 radical (unpaired) electrons. The monoisotopic (exact) mass is 280 g/mol. The molecule has 1 saturated heterocycles. The van der Waals surface area contributed by atoms with E-state index in [0.29, 0.717) is 11.6 Å². The van der Waals surface area contributed by atoms with E-state index in [-0.39, 0.29) is 0 Å². The number of rotatable bonds is 1. The van der Waals surface area contributed by atoms with E-state index in [1.807, 2.05) is 0 Å². The summed E-state index contributed by atoms with van der Waals surface area (Å²) in [4.78, 5) is 2.64. The molecule has 2 aliphatic rings. The van der Waals surface area contributed by atoms with Gasteiger partial charge in [0.15, 0.2) is 0 Å². The van der Waals surface area contributed by atoms with E-state index in [1.165, 1.54) is 42.1 Å². The zero-order chi connectivity index (χ0) is 14.3. The highest BCUT2D eigenvalue weighted by molar-refractivity contribution is 5.94. The lowest BCUT2D eigenvalue weighted by molar-refractivity contribution is 0.277. The zero-order valence-electron chi connectivity index (χ0n) is 12.8. The van der Waals surface area contributed by atoms with Gasteiger partial charge in [0.2, 0.25) is 0 Å². The van der Waals surface area contributed by atoms with Crippen LogP contribution in [0.1, 0.15) is 32.6 Å². The number of benzene rings is 2. The van der Waals surface area contributed by atoms with E-state index < -0.39 is 0 Å². The molecule has 1 saturated carbocycles. The van der Waals surface area contributed by atoms with E-state index in [1.54, 1.807) is 0 Å². The smallest absolute Gasteiger partial charge is 0.0449 e. The quantitative estimate of drug-likeness (QED) is 0.851. The number of nitrogens with one attached hydrogen (secondary N) is 1. The molecule has 1 spiro atoms. The lowest BCUT2D eigenvalue weighted by Crippen LogP contribution is -2.62. The highest BCUT2D eigenvalue weighted by Crippen LogP contribution is 2.37. The summed E-state index contributed by atoms with van der Waals surface area (Å²) in [5, 5.41) is 6.59. The van der Waals surface area contributed by atoms with Crippen LogP contribution in [-0.2, 0) is 0 Å². The van der Waals surface area contributed by atoms with Gasteiger partial charge in [-0.3, -0.25) is 0 Å². The molecule has 2 aromatic rings. The summed E-state index contributed by atoms with van der Waals surface area (Å²) in [5.74, 6) is 0. The lowest BCUT2D eigenvalue weighted by Gasteiger charge is -2.47. The summed E-state index contributed by atoms with van der Waals surface area (Å²) in [6, 6.07) is 16.0. The van der Waals surface area contributed by atoms with Crippen LogP contribution in [0.25, 0.3) is 10.8 Å². The molecule has 21 heavy (non-hydrogen) atoms. The number of nitrogens with zero attached hydrogens (tertiary/aromatic N) is 1. The van der Waals surface area contributed by atoms with Crippen LogP contribution in [0.5, 0.6) is 0 Å². The van der Waals surface area contributed by atoms with Crippen molar-refractivity contribution >= 4 is 16.5 Å². The minimum atomic E-state index is 0.365. The Morgan fingerprint density at radius 2 is 1.81 bits per heavy atom. The van der Waals surface area contributed by atoms with Crippen molar-refractivity contribution in [2.75, 3.05) is 18.0 Å². The molecule has 1 aliphatic carbocycles. The summed E-state index contributed by atoms with van der Waals surface area (Å²) < 4.78 is 0. The largest absolute Gasteiger partial charge is 0.365 e. The molecule has 2 heteroatoms. The van der Waals surface area contributed by atoms with Gasteiger partial charge in [0.1, 0.15) is 0 Å². The predicted octanol–water partition coefficient (Wildman–Crippen LogP) is 3.95. The predicted molar refractivity (Wildman–Crippen MR) is 90.0 cm³/mol. The van der Waals surface area contributed by atoms with Crippen LogP contribution in [0, 0.1) is 0 Å². The Balaban J connectivity index is 1.75. The summed E-state index contributed by atoms with van der Waals surface area (Å²) in [6.45, 7) is 4.60. The third kappa shape index (κ3) is 2.22. The summed E-state index contributed by atoms with van der Waals surface area (Å²) in [7, 11) is 0. The van der Waals surface area contributed by atoms with Crippen LogP contribution in [0.3, 0.4) is 0 Å². The van der Waals surface area contributed by atoms with Crippen molar-refractivity contribution in [1.29, 1.82) is 0 Å². The number of fused-ring (bicyclic) bond motifs is 1. The Bertz CT molecular complexity index is 638. The minimum absolute atomic E-state index is 0.365. The first-order valence-corrected chi connectivity index (χ1v) is 8.27. The molecular formula is C19H24N2. The van der Waals surface area contributed by atoms with Gasteiger partial charge in [-0.1, -0.05) is 49.2 Å². The highest BCUT2D eigenvalue weighted by atomic mass is 15.3. The van der Waals surface area contributed by atoms with Crippen LogP contribution in [0.15, 0.2) is 42.5 Å². The van der Waals surface area contributed by atoms with Crippen molar-refractivity contribution in [3.63, 3.8) is 0 Å². The van der Waals surface area contributed by atoms with E-state index in [4.69, 9.17) is 0 Å². The van der Waals surface area contributed by atoms with Crippen molar-refractivity contribution in [2.24, 2.45) is 0 Å². The van der Waals surface area contributed by atoms with Gasteiger partial charge in [-0.15, -0.1) is 0 Å². The molecule has 1 aliphatic heterocycles. The van der Waals surface area contributed by atoms with E-state index in [9.17, 15) is 0 Å². The van der Waals surface area contributed by atoms with Crippen molar-refractivity contribution in [1.82, 2.24) is 5.32 Å². The fourth-order valence-electron chi connectivity index (χ4n) is 4.18. The van der Waals surface area contributed by atoms with Gasteiger partial charge in [-0.2, -0.15) is 0 Å². The van der Waals surface area contributed by atoms with E-state index in [0.717, 1.165) is 13.1 Å². The Kier molecular flexibility index (Phi) is 3.15. The molecule has 2 nitrogen and oxygen atoms in total. The second-order valence-electron chi connectivity index (χ2n) is 6.84. The lowest BCUT2D eigenvalue weighted by atomic mass is 9.91. The Hall–Kier alpha value is -1.54. The molecular weight excluding hydrogens is 256 g/mol. The van der Waals surface area contributed by atoms with Gasteiger partial charge < -0.3 is 10.2 Å². The third-order valence-electron chi connectivity index (χ3n) is 5.41. The van der Waals surface area contributed by atoms with Gasteiger partial charge in [-0.25, -0.2) is 0 Å². The maximum Gasteiger partial charge on any atom is 0.0449 e. The van der Waals surface area contributed by atoms with Gasteiger partial charge in [-0.05, 0) is 31.2 Å². The zero-order valence-corrected chi connectivity index (χ0v) is 12.8. The highest BCUT2D eigenvalue weighted by Gasteiger charge is 2.40. The van der Waals surface area contributed by atoms with E-state index in [2.05, 4.69) is 59.6 Å². The van der Waals surface area contributed by atoms with Gasteiger partial charge in [0.25, 0.3) is 0 Å². The average molecular weight is 280 g/mol. The fraction of sp³-hybridized carbons (Fsp3) is 0.474. The molecule has 1 heterocycles. The van der Waals surface area contributed by atoms with Crippen LogP contribution >= 0.6 is 0 Å². The number of piperazine rings is 1. The molecule has 4 rings (SSSR count). The van der Waals surface area contributed by atoms with Crippen molar-refractivity contribution in [3.8, 4) is 0 Å². The number of hydrogen-bond acceptors (Lipinski definition) is 2. The Morgan fingerprint density at radius 1 is 1.05 bits per heavy atom. The molecule has 0 aromatic heterocycles. The molecule has 1 atom stereocenters. The second kappa shape index (κ2) is 5.03. The van der Waals surface area contributed by atoms with Gasteiger partial charge >= 0.3 is 0 Å². The summed E-state index contributed by atoms with van der Waals surface area (Å²) in [5.41, 5.74) is 1.78. The van der Waals surface area contributed by atoms with Crippen molar-refractivity contribution in [3.05, 3.63) is 42.5 Å². The molecule has 110 valence electrons. The first-order chi connectivity index (χ1) is 10.3. The van der Waals surface area contributed by atoms with E-state index >= 15 is 0 Å². The van der Waals surface area contributed by atoms with Gasteiger partial charge in [0, 0.05) is 35.7 Å². The second-order valence-corrected chi connectivity index (χ2v) is 6.84. The third-order valence-corrected chi connectivity index (χ3v) is 5.41. The first kappa shape index (κ1) is 13.1. The normalized spacial score (nSPS) is 24.8. The average Bonchev–Trinajstić information content (AvgIpc) is 2.98. The summed E-state index contributed by atoms with van der Waals surface area (Å²) in [6.07, 6.45) is 5.43.